The normalized spacial score (nSPS) is 5.00. The minimum absolute atomic E-state index is 0. The van der Waals surface area contributed by atoms with Crippen molar-refractivity contribution in [3.63, 3.8) is 0 Å². The molecule has 0 saturated heterocycles. The zero-order valence-electron chi connectivity index (χ0n) is 3.01. The third-order valence-corrected chi connectivity index (χ3v) is 0.204. The van der Waals surface area contributed by atoms with E-state index in [4.69, 9.17) is 0 Å². The Bertz CT molecular complexity index is 17.6. The van der Waals surface area contributed by atoms with Crippen LogP contribution in [0.4, 0.5) is 0 Å². The van der Waals surface area contributed by atoms with Crippen molar-refractivity contribution in [2.75, 3.05) is 0 Å². The number of rotatable bonds is 1. The number of hydrogen-bond acceptors (Lipinski definition) is 0. The van der Waals surface area contributed by atoms with Crippen LogP contribution in [0.5, 0.6) is 0 Å². The molecule has 34 valence electrons. The first-order valence-electron chi connectivity index (χ1n) is 1.32. The van der Waals surface area contributed by atoms with Crippen LogP contribution in [0, 0.1) is 6.92 Å². The van der Waals surface area contributed by atoms with Gasteiger partial charge in [-0.15, -0.1) is 12.7 Å². The van der Waals surface area contributed by atoms with E-state index in [1.165, 1.54) is 0 Å². The molecule has 0 rings (SSSR count). The second kappa shape index (κ2) is 8.83. The summed E-state index contributed by atoms with van der Waals surface area (Å²) in [5.74, 6) is 0. The summed E-state index contributed by atoms with van der Waals surface area (Å²) in [6.07, 6.45) is 2.60. The molecular formula is C4H7Pd-. The second-order valence-corrected chi connectivity index (χ2v) is 0.577. The summed E-state index contributed by atoms with van der Waals surface area (Å²) in [5, 5.41) is 0. The van der Waals surface area contributed by atoms with E-state index in [-0.39, 0.29) is 20.4 Å². The van der Waals surface area contributed by atoms with E-state index in [0.717, 1.165) is 6.42 Å². The largest absolute Gasteiger partial charge is 0.340 e. The first-order valence-corrected chi connectivity index (χ1v) is 1.32. The minimum Gasteiger partial charge on any atom is -0.340 e. The molecule has 1 heteroatoms. The molecule has 0 bridgehead atoms. The van der Waals surface area contributed by atoms with Crippen LogP contribution >= 0.6 is 0 Å². The fraction of sp³-hybridized carbons (Fsp3) is 0.250. The van der Waals surface area contributed by atoms with Gasteiger partial charge in [-0.25, -0.2) is 0 Å². The molecule has 0 aliphatic carbocycles. The third-order valence-electron chi connectivity index (χ3n) is 0.204. The molecule has 0 amide bonds. The number of allylic oxidation sites excluding steroid dienone is 1. The van der Waals surface area contributed by atoms with Crippen molar-refractivity contribution >= 4 is 0 Å². The average molecular weight is 162 g/mol. The molecule has 0 atom stereocenters. The Hall–Kier alpha value is 0.402. The third kappa shape index (κ3) is 12.9. The topological polar surface area (TPSA) is 0 Å². The SMILES string of the molecule is C=CC[CH2-].[Pd]. The first-order chi connectivity index (χ1) is 1.91. The van der Waals surface area contributed by atoms with Gasteiger partial charge in [-0.1, -0.05) is 0 Å². The molecule has 0 aromatic heterocycles. The predicted molar refractivity (Wildman–Crippen MR) is 20.2 cm³/mol. The van der Waals surface area contributed by atoms with Crippen LogP contribution in [0.25, 0.3) is 0 Å². The van der Waals surface area contributed by atoms with Crippen LogP contribution in [0.3, 0.4) is 0 Å². The molecular weight excluding hydrogens is 154 g/mol. The van der Waals surface area contributed by atoms with Gasteiger partial charge in [0.25, 0.3) is 0 Å². The Labute approximate surface area is 46.9 Å². The van der Waals surface area contributed by atoms with Gasteiger partial charge in [-0.2, -0.15) is 6.42 Å². The summed E-state index contributed by atoms with van der Waals surface area (Å²) < 4.78 is 0. The summed E-state index contributed by atoms with van der Waals surface area (Å²) in [6.45, 7) is 6.90. The molecule has 0 aliphatic heterocycles. The quantitative estimate of drug-likeness (QED) is 0.310. The van der Waals surface area contributed by atoms with Crippen molar-refractivity contribution in [3.05, 3.63) is 19.6 Å². The van der Waals surface area contributed by atoms with Gasteiger partial charge in [-0.05, 0) is 0 Å². The van der Waals surface area contributed by atoms with E-state index in [9.17, 15) is 0 Å². The molecule has 0 N–H and O–H groups in total. The van der Waals surface area contributed by atoms with Crippen LogP contribution in [0.2, 0.25) is 0 Å². The molecule has 0 heterocycles. The molecule has 0 unspecified atom stereocenters. The van der Waals surface area contributed by atoms with E-state index in [1.807, 2.05) is 0 Å². The molecule has 0 radical (unpaired) electrons. The maximum Gasteiger partial charge on any atom is 0 e. The van der Waals surface area contributed by atoms with Crippen molar-refractivity contribution in [3.8, 4) is 0 Å². The minimum atomic E-state index is 0. The van der Waals surface area contributed by atoms with Crippen molar-refractivity contribution < 1.29 is 20.4 Å². The summed E-state index contributed by atoms with van der Waals surface area (Å²) in [6, 6.07) is 0. The Kier molecular flexibility index (Phi) is 16.0. The second-order valence-electron chi connectivity index (χ2n) is 0.577. The van der Waals surface area contributed by atoms with Gasteiger partial charge >= 0.3 is 0 Å². The van der Waals surface area contributed by atoms with Crippen LogP contribution in [0.15, 0.2) is 12.7 Å². The predicted octanol–water partition coefficient (Wildman–Crippen LogP) is 1.39. The van der Waals surface area contributed by atoms with Crippen LogP contribution < -0.4 is 0 Å². The summed E-state index contributed by atoms with van der Waals surface area (Å²) in [4.78, 5) is 0. The van der Waals surface area contributed by atoms with Gasteiger partial charge in [0, 0.05) is 20.4 Å². The van der Waals surface area contributed by atoms with Crippen LogP contribution in [0.1, 0.15) is 6.42 Å². The van der Waals surface area contributed by atoms with E-state index < -0.39 is 0 Å². The van der Waals surface area contributed by atoms with Crippen LogP contribution in [-0.2, 0) is 20.4 Å². The van der Waals surface area contributed by atoms with Gasteiger partial charge in [-0.3, -0.25) is 0 Å². The Morgan fingerprint density at radius 3 is 2.00 bits per heavy atom. The Balaban J connectivity index is 0. The maximum absolute atomic E-state index is 3.49. The number of hydrogen-bond donors (Lipinski definition) is 0. The molecule has 0 saturated carbocycles. The van der Waals surface area contributed by atoms with Crippen molar-refractivity contribution in [2.45, 2.75) is 6.42 Å². The zero-order valence-corrected chi connectivity index (χ0v) is 4.57. The van der Waals surface area contributed by atoms with E-state index >= 15 is 0 Å². The van der Waals surface area contributed by atoms with E-state index in [0.29, 0.717) is 0 Å². The Morgan fingerprint density at radius 1 is 1.80 bits per heavy atom. The fourth-order valence-corrected chi connectivity index (χ4v) is 0. The molecule has 0 spiro atoms. The zero-order chi connectivity index (χ0) is 3.41. The molecule has 5 heavy (non-hydrogen) atoms. The molecule has 0 aromatic carbocycles. The van der Waals surface area contributed by atoms with Gasteiger partial charge in [0.1, 0.15) is 0 Å². The fourth-order valence-electron chi connectivity index (χ4n) is 0. The average Bonchev–Trinajstić information content (AvgIpc) is 1.37. The monoisotopic (exact) mass is 161 g/mol. The Morgan fingerprint density at radius 2 is 2.00 bits per heavy atom. The molecule has 0 nitrogen and oxygen atoms in total. The van der Waals surface area contributed by atoms with E-state index in [2.05, 4.69) is 13.5 Å². The molecule has 0 aliphatic rings. The van der Waals surface area contributed by atoms with Crippen LogP contribution in [-0.4, -0.2) is 0 Å². The smallest absolute Gasteiger partial charge is 0 e. The van der Waals surface area contributed by atoms with Crippen molar-refractivity contribution in [2.24, 2.45) is 0 Å². The van der Waals surface area contributed by atoms with Crippen molar-refractivity contribution in [1.82, 2.24) is 0 Å². The summed E-state index contributed by atoms with van der Waals surface area (Å²) in [5.41, 5.74) is 0. The maximum atomic E-state index is 3.49. The van der Waals surface area contributed by atoms with E-state index in [1.54, 1.807) is 6.08 Å². The van der Waals surface area contributed by atoms with Gasteiger partial charge in [0.2, 0.25) is 0 Å². The molecule has 0 fully saturated rings. The standard InChI is InChI=1S/C4H7.Pd/c1-3-4-2;/h3H,1-2,4H2;/q-1;. The van der Waals surface area contributed by atoms with Gasteiger partial charge in [0.05, 0.1) is 0 Å². The molecule has 0 aromatic rings. The van der Waals surface area contributed by atoms with Gasteiger partial charge in [0.15, 0.2) is 0 Å². The summed E-state index contributed by atoms with van der Waals surface area (Å²) in [7, 11) is 0. The van der Waals surface area contributed by atoms with Gasteiger partial charge < -0.3 is 6.92 Å². The van der Waals surface area contributed by atoms with Crippen molar-refractivity contribution in [1.29, 1.82) is 0 Å². The summed E-state index contributed by atoms with van der Waals surface area (Å²) >= 11 is 0. The first kappa shape index (κ1) is 9.04.